The summed E-state index contributed by atoms with van der Waals surface area (Å²) in [6, 6.07) is 0. The van der Waals surface area contributed by atoms with E-state index in [1.807, 2.05) is 0 Å². The molecule has 136 valence electrons. The lowest BCUT2D eigenvalue weighted by Gasteiger charge is -2.43. The number of amides is 2. The van der Waals surface area contributed by atoms with Crippen molar-refractivity contribution in [2.24, 2.45) is 11.8 Å². The van der Waals surface area contributed by atoms with Crippen LogP contribution in [0.15, 0.2) is 12.4 Å². The van der Waals surface area contributed by atoms with Crippen molar-refractivity contribution in [1.82, 2.24) is 19.8 Å². The van der Waals surface area contributed by atoms with Crippen molar-refractivity contribution >= 4 is 11.8 Å². The number of carbonyl (C=O) groups excluding carboxylic acids is 2. The van der Waals surface area contributed by atoms with Gasteiger partial charge < -0.3 is 19.3 Å². The van der Waals surface area contributed by atoms with Gasteiger partial charge in [0.25, 0.3) is 5.91 Å². The van der Waals surface area contributed by atoms with Gasteiger partial charge in [0.1, 0.15) is 0 Å². The number of piperidine rings is 1. The van der Waals surface area contributed by atoms with Crippen molar-refractivity contribution < 1.29 is 19.1 Å². The molecule has 2 aliphatic rings. The Morgan fingerprint density at radius 2 is 2.04 bits per heavy atom. The van der Waals surface area contributed by atoms with E-state index in [0.29, 0.717) is 25.4 Å². The summed E-state index contributed by atoms with van der Waals surface area (Å²) in [5.74, 6) is 0.600. The van der Waals surface area contributed by atoms with E-state index in [2.05, 4.69) is 9.97 Å². The second-order valence-corrected chi connectivity index (χ2v) is 6.78. The fourth-order valence-corrected chi connectivity index (χ4v) is 3.52. The van der Waals surface area contributed by atoms with Gasteiger partial charge in [0.15, 0.2) is 5.75 Å². The van der Waals surface area contributed by atoms with Crippen molar-refractivity contribution in [3.8, 4) is 5.75 Å². The molecule has 8 heteroatoms. The van der Waals surface area contributed by atoms with Crippen LogP contribution in [0, 0.1) is 11.8 Å². The Bertz CT molecular complexity index is 634. The molecule has 0 aliphatic carbocycles. The Kier molecular flexibility index (Phi) is 5.17. The molecule has 0 bridgehead atoms. The number of methoxy groups -OCH3 is 1. The van der Waals surface area contributed by atoms with Gasteiger partial charge in [0.05, 0.1) is 38.1 Å². The number of hydrogen-bond acceptors (Lipinski definition) is 6. The molecule has 0 radical (unpaired) electrons. The number of likely N-dealkylation sites (tertiary alicyclic amines) is 1. The standard InChI is InChI=1S/C17H24N4O4/c1-20(2)16(22)12-6-11-9-21(5-4-14(11)25-10-12)17(23)15-18-7-13(24-3)8-19-15/h7-8,11-12,14H,4-6,9-10H2,1-3H3/t11-,12-,14+/m0/s1. The largest absolute Gasteiger partial charge is 0.494 e. The van der Waals surface area contributed by atoms with Gasteiger partial charge in [-0.1, -0.05) is 0 Å². The van der Waals surface area contributed by atoms with Gasteiger partial charge in [-0.05, 0) is 12.8 Å². The van der Waals surface area contributed by atoms with E-state index in [1.54, 1.807) is 23.9 Å². The zero-order valence-electron chi connectivity index (χ0n) is 14.8. The number of rotatable bonds is 3. The molecule has 1 aromatic heterocycles. The molecular formula is C17H24N4O4. The van der Waals surface area contributed by atoms with Crippen LogP contribution in [0.25, 0.3) is 0 Å². The summed E-state index contributed by atoms with van der Waals surface area (Å²) in [6.07, 6.45) is 4.61. The number of ether oxygens (including phenoxy) is 2. The summed E-state index contributed by atoms with van der Waals surface area (Å²) in [5.41, 5.74) is 0. The van der Waals surface area contributed by atoms with Crippen LogP contribution in [0.4, 0.5) is 0 Å². The number of carbonyl (C=O) groups is 2. The minimum Gasteiger partial charge on any atom is -0.494 e. The maximum absolute atomic E-state index is 12.6. The molecule has 3 heterocycles. The first kappa shape index (κ1) is 17.6. The Morgan fingerprint density at radius 3 is 2.68 bits per heavy atom. The summed E-state index contributed by atoms with van der Waals surface area (Å²) in [4.78, 5) is 36.4. The summed E-state index contributed by atoms with van der Waals surface area (Å²) in [6.45, 7) is 1.64. The van der Waals surface area contributed by atoms with E-state index >= 15 is 0 Å². The third-order valence-corrected chi connectivity index (χ3v) is 4.90. The predicted octanol–water partition coefficient (Wildman–Crippen LogP) is 0.441. The molecule has 3 rings (SSSR count). The van der Waals surface area contributed by atoms with Gasteiger partial charge in [-0.25, -0.2) is 9.97 Å². The zero-order valence-corrected chi connectivity index (χ0v) is 14.8. The fourth-order valence-electron chi connectivity index (χ4n) is 3.52. The third-order valence-electron chi connectivity index (χ3n) is 4.90. The quantitative estimate of drug-likeness (QED) is 0.788. The summed E-state index contributed by atoms with van der Waals surface area (Å²) in [5, 5.41) is 0. The van der Waals surface area contributed by atoms with E-state index in [4.69, 9.17) is 9.47 Å². The number of fused-ring (bicyclic) bond motifs is 1. The average molecular weight is 348 g/mol. The van der Waals surface area contributed by atoms with Crippen LogP contribution in [0.3, 0.4) is 0 Å². The van der Waals surface area contributed by atoms with Crippen LogP contribution in [0.1, 0.15) is 23.5 Å². The topological polar surface area (TPSA) is 84.9 Å². The highest BCUT2D eigenvalue weighted by atomic mass is 16.5. The minimum atomic E-state index is -0.192. The normalized spacial score (nSPS) is 25.9. The zero-order chi connectivity index (χ0) is 18.0. The summed E-state index contributed by atoms with van der Waals surface area (Å²) < 4.78 is 10.9. The van der Waals surface area contributed by atoms with Crippen molar-refractivity contribution in [1.29, 1.82) is 0 Å². The van der Waals surface area contributed by atoms with Gasteiger partial charge in [0.2, 0.25) is 11.7 Å². The Labute approximate surface area is 147 Å². The molecular weight excluding hydrogens is 324 g/mol. The fraction of sp³-hybridized carbons (Fsp3) is 0.647. The van der Waals surface area contributed by atoms with E-state index in [9.17, 15) is 9.59 Å². The Hall–Kier alpha value is -2.22. The molecule has 0 saturated carbocycles. The lowest BCUT2D eigenvalue weighted by atomic mass is 9.83. The molecule has 0 unspecified atom stereocenters. The Balaban J connectivity index is 1.65. The van der Waals surface area contributed by atoms with E-state index in [0.717, 1.165) is 12.8 Å². The van der Waals surface area contributed by atoms with Crippen molar-refractivity contribution in [3.63, 3.8) is 0 Å². The molecule has 3 atom stereocenters. The lowest BCUT2D eigenvalue weighted by molar-refractivity contribution is -0.145. The summed E-state index contributed by atoms with van der Waals surface area (Å²) in [7, 11) is 5.04. The first-order valence-corrected chi connectivity index (χ1v) is 8.47. The van der Waals surface area contributed by atoms with Crippen LogP contribution in [-0.2, 0) is 9.53 Å². The van der Waals surface area contributed by atoms with Crippen LogP contribution >= 0.6 is 0 Å². The Morgan fingerprint density at radius 1 is 1.32 bits per heavy atom. The molecule has 1 aromatic rings. The van der Waals surface area contributed by atoms with Gasteiger partial charge >= 0.3 is 0 Å². The van der Waals surface area contributed by atoms with Gasteiger partial charge in [-0.2, -0.15) is 0 Å². The first-order valence-electron chi connectivity index (χ1n) is 8.47. The number of nitrogens with zero attached hydrogens (tertiary/aromatic N) is 4. The van der Waals surface area contributed by atoms with E-state index < -0.39 is 0 Å². The smallest absolute Gasteiger partial charge is 0.291 e. The van der Waals surface area contributed by atoms with Crippen LogP contribution in [0.2, 0.25) is 0 Å². The van der Waals surface area contributed by atoms with Gasteiger partial charge in [-0.15, -0.1) is 0 Å². The van der Waals surface area contributed by atoms with Gasteiger partial charge in [-0.3, -0.25) is 9.59 Å². The van der Waals surface area contributed by atoms with Crippen LogP contribution in [-0.4, -0.2) is 78.6 Å². The minimum absolute atomic E-state index is 0.0837. The number of aromatic nitrogens is 2. The van der Waals surface area contributed by atoms with Crippen molar-refractivity contribution in [2.75, 3.05) is 40.9 Å². The molecule has 2 amide bonds. The van der Waals surface area contributed by atoms with Crippen molar-refractivity contribution in [2.45, 2.75) is 18.9 Å². The highest BCUT2D eigenvalue weighted by Gasteiger charge is 2.40. The molecule has 25 heavy (non-hydrogen) atoms. The maximum atomic E-state index is 12.6. The van der Waals surface area contributed by atoms with Crippen LogP contribution < -0.4 is 4.74 Å². The summed E-state index contributed by atoms with van der Waals surface area (Å²) >= 11 is 0. The van der Waals surface area contributed by atoms with Crippen LogP contribution in [0.5, 0.6) is 5.75 Å². The first-order chi connectivity index (χ1) is 12.0. The highest BCUT2D eigenvalue weighted by molar-refractivity contribution is 5.90. The predicted molar refractivity (Wildman–Crippen MR) is 89.1 cm³/mol. The second kappa shape index (κ2) is 7.35. The molecule has 0 N–H and O–H groups in total. The van der Waals surface area contributed by atoms with E-state index in [-0.39, 0.29) is 35.6 Å². The van der Waals surface area contributed by atoms with E-state index in [1.165, 1.54) is 19.5 Å². The van der Waals surface area contributed by atoms with Gasteiger partial charge in [0, 0.05) is 33.1 Å². The molecule has 2 saturated heterocycles. The number of hydrogen-bond donors (Lipinski definition) is 0. The van der Waals surface area contributed by atoms with Crippen molar-refractivity contribution in [3.05, 3.63) is 18.2 Å². The molecule has 0 spiro atoms. The molecule has 0 aromatic carbocycles. The maximum Gasteiger partial charge on any atom is 0.291 e. The SMILES string of the molecule is COc1cnc(C(=O)N2CC[C@H]3OC[C@@H](C(=O)N(C)C)C[C@H]3C2)nc1. The molecule has 2 fully saturated rings. The molecule has 2 aliphatic heterocycles. The monoisotopic (exact) mass is 348 g/mol. The second-order valence-electron chi connectivity index (χ2n) is 6.78. The highest BCUT2D eigenvalue weighted by Crippen LogP contribution is 2.32. The third kappa shape index (κ3) is 3.73. The molecule has 8 nitrogen and oxygen atoms in total. The lowest BCUT2D eigenvalue weighted by Crippen LogP contribution is -2.52. The average Bonchev–Trinajstić information content (AvgIpc) is 2.65.